The van der Waals surface area contributed by atoms with E-state index in [9.17, 15) is 0 Å². The molecule has 0 amide bonds. The number of methoxy groups -OCH3 is 1. The molecule has 0 saturated carbocycles. The van der Waals surface area contributed by atoms with Gasteiger partial charge in [-0.05, 0) is 40.5 Å². The van der Waals surface area contributed by atoms with Crippen LogP contribution < -0.4 is 5.32 Å². The highest BCUT2D eigenvalue weighted by atomic mass is 16.5. The average Bonchev–Trinajstić information content (AvgIpc) is 2.19. The number of nitrogens with zero attached hydrogens (tertiary/aromatic N) is 1. The highest BCUT2D eigenvalue weighted by Gasteiger charge is 2.23. The van der Waals surface area contributed by atoms with Crippen molar-refractivity contribution in [3.8, 4) is 0 Å². The summed E-state index contributed by atoms with van der Waals surface area (Å²) in [6, 6.07) is 0.992. The number of hydrogen-bond acceptors (Lipinski definition) is 3. The lowest BCUT2D eigenvalue weighted by atomic mass is 10.1. The molecule has 1 N–H and O–H groups in total. The van der Waals surface area contributed by atoms with Crippen molar-refractivity contribution in [3.05, 3.63) is 0 Å². The van der Waals surface area contributed by atoms with Gasteiger partial charge in [-0.15, -0.1) is 0 Å². The van der Waals surface area contributed by atoms with Crippen molar-refractivity contribution in [2.24, 2.45) is 5.92 Å². The molecule has 0 radical (unpaired) electrons. The zero-order chi connectivity index (χ0) is 14.3. The van der Waals surface area contributed by atoms with Gasteiger partial charge < -0.3 is 10.1 Å². The number of nitrogens with one attached hydrogen (secondary N) is 1. The molecule has 0 spiro atoms. The fourth-order valence-electron chi connectivity index (χ4n) is 2.09. The second-order valence-corrected chi connectivity index (χ2v) is 6.92. The van der Waals surface area contributed by atoms with Crippen LogP contribution in [0.4, 0.5) is 0 Å². The Balaban J connectivity index is 4.59. The van der Waals surface area contributed by atoms with Crippen molar-refractivity contribution in [1.29, 1.82) is 0 Å². The molecule has 0 aromatic heterocycles. The maximum atomic E-state index is 5.40. The maximum absolute atomic E-state index is 5.40. The van der Waals surface area contributed by atoms with E-state index in [0.29, 0.717) is 18.0 Å². The van der Waals surface area contributed by atoms with Crippen molar-refractivity contribution in [3.63, 3.8) is 0 Å². The summed E-state index contributed by atoms with van der Waals surface area (Å²) in [6.07, 6.45) is 0. The van der Waals surface area contributed by atoms with Crippen molar-refractivity contribution < 1.29 is 4.74 Å². The van der Waals surface area contributed by atoms with Crippen molar-refractivity contribution >= 4 is 0 Å². The Bertz CT molecular complexity index is 209. The second-order valence-electron chi connectivity index (χ2n) is 6.92. The molecular weight excluding hydrogens is 224 g/mol. The van der Waals surface area contributed by atoms with Crippen LogP contribution in [0.2, 0.25) is 0 Å². The first-order valence-corrected chi connectivity index (χ1v) is 7.17. The molecule has 0 saturated heterocycles. The van der Waals surface area contributed by atoms with Crippen LogP contribution in [0.5, 0.6) is 0 Å². The lowest BCUT2D eigenvalue weighted by Gasteiger charge is -2.37. The summed E-state index contributed by atoms with van der Waals surface area (Å²) < 4.78 is 5.40. The fraction of sp³-hybridized carbons (Fsp3) is 1.00. The zero-order valence-electron chi connectivity index (χ0n) is 13.7. The first-order valence-electron chi connectivity index (χ1n) is 7.17. The van der Waals surface area contributed by atoms with Crippen LogP contribution in [0.3, 0.4) is 0 Å². The van der Waals surface area contributed by atoms with Gasteiger partial charge in [-0.2, -0.15) is 0 Å². The third-order valence-corrected chi connectivity index (χ3v) is 2.94. The molecule has 0 aromatic rings. The molecule has 3 nitrogen and oxygen atoms in total. The van der Waals surface area contributed by atoms with E-state index in [-0.39, 0.29) is 5.54 Å². The minimum Gasteiger partial charge on any atom is -0.383 e. The van der Waals surface area contributed by atoms with E-state index in [1.807, 2.05) is 0 Å². The van der Waals surface area contributed by atoms with Crippen LogP contribution >= 0.6 is 0 Å². The van der Waals surface area contributed by atoms with Crippen molar-refractivity contribution in [2.75, 3.05) is 26.8 Å². The first-order chi connectivity index (χ1) is 8.17. The van der Waals surface area contributed by atoms with Gasteiger partial charge in [-0.1, -0.05) is 13.8 Å². The van der Waals surface area contributed by atoms with E-state index in [2.05, 4.69) is 58.7 Å². The first kappa shape index (κ1) is 17.9. The molecule has 18 heavy (non-hydrogen) atoms. The summed E-state index contributed by atoms with van der Waals surface area (Å²) in [5.41, 5.74) is 0.159. The number of hydrogen-bond donors (Lipinski definition) is 1. The predicted molar refractivity (Wildman–Crippen MR) is 80.1 cm³/mol. The van der Waals surface area contributed by atoms with Crippen LogP contribution in [0.1, 0.15) is 48.5 Å². The van der Waals surface area contributed by atoms with E-state index >= 15 is 0 Å². The van der Waals surface area contributed by atoms with E-state index in [0.717, 1.165) is 19.7 Å². The van der Waals surface area contributed by atoms with E-state index in [1.54, 1.807) is 7.11 Å². The van der Waals surface area contributed by atoms with Gasteiger partial charge in [0, 0.05) is 37.8 Å². The quantitative estimate of drug-likeness (QED) is 0.724. The molecule has 0 heterocycles. The fourth-order valence-corrected chi connectivity index (χ4v) is 2.09. The Morgan fingerprint density at radius 3 is 2.00 bits per heavy atom. The molecule has 1 unspecified atom stereocenters. The predicted octanol–water partition coefficient (Wildman–Crippen LogP) is 2.76. The van der Waals surface area contributed by atoms with Gasteiger partial charge in [-0.25, -0.2) is 0 Å². The topological polar surface area (TPSA) is 24.5 Å². The molecule has 1 atom stereocenters. The van der Waals surface area contributed by atoms with E-state index in [4.69, 9.17) is 4.74 Å². The van der Waals surface area contributed by atoms with Gasteiger partial charge in [-0.3, -0.25) is 4.90 Å². The van der Waals surface area contributed by atoms with Crippen LogP contribution in [0.25, 0.3) is 0 Å². The normalized spacial score (nSPS) is 14.8. The van der Waals surface area contributed by atoms with Crippen LogP contribution in [0, 0.1) is 5.92 Å². The van der Waals surface area contributed by atoms with Gasteiger partial charge in [0.2, 0.25) is 0 Å². The van der Waals surface area contributed by atoms with Crippen molar-refractivity contribution in [2.45, 2.75) is 66.1 Å². The SMILES string of the molecule is COCC(CNC(C)(C)C)N(CC(C)C)C(C)C. The Kier molecular flexibility index (Phi) is 8.08. The molecule has 3 heteroatoms. The van der Waals surface area contributed by atoms with Crippen LogP contribution in [-0.2, 0) is 4.74 Å². The lowest BCUT2D eigenvalue weighted by molar-refractivity contribution is 0.0579. The van der Waals surface area contributed by atoms with E-state index < -0.39 is 0 Å². The summed E-state index contributed by atoms with van der Waals surface area (Å²) in [5.74, 6) is 0.682. The maximum Gasteiger partial charge on any atom is 0.0630 e. The molecule has 0 aliphatic heterocycles. The second kappa shape index (κ2) is 8.13. The molecule has 0 aliphatic carbocycles. The minimum atomic E-state index is 0.159. The number of ether oxygens (including phenoxy) is 1. The third-order valence-electron chi connectivity index (χ3n) is 2.94. The Hall–Kier alpha value is -0.120. The van der Waals surface area contributed by atoms with Gasteiger partial charge >= 0.3 is 0 Å². The molecule has 0 aromatic carbocycles. The summed E-state index contributed by atoms with van der Waals surface area (Å²) in [4.78, 5) is 2.55. The van der Waals surface area contributed by atoms with E-state index in [1.165, 1.54) is 0 Å². The Labute approximate surface area is 114 Å². The van der Waals surface area contributed by atoms with Crippen LogP contribution in [-0.4, -0.2) is 49.3 Å². The molecule has 0 aliphatic rings. The Morgan fingerprint density at radius 1 is 1.11 bits per heavy atom. The van der Waals surface area contributed by atoms with Gasteiger partial charge in [0.1, 0.15) is 0 Å². The highest BCUT2D eigenvalue weighted by Crippen LogP contribution is 2.11. The third kappa shape index (κ3) is 8.06. The smallest absolute Gasteiger partial charge is 0.0630 e. The molecule has 110 valence electrons. The summed E-state index contributed by atoms with van der Waals surface area (Å²) in [7, 11) is 1.79. The van der Waals surface area contributed by atoms with Gasteiger partial charge in [0.05, 0.1) is 6.61 Å². The molecule has 0 rings (SSSR count). The molecular formula is C15H34N2O. The summed E-state index contributed by atoms with van der Waals surface area (Å²) >= 11 is 0. The summed E-state index contributed by atoms with van der Waals surface area (Å²) in [5, 5.41) is 3.59. The van der Waals surface area contributed by atoms with Crippen molar-refractivity contribution in [1.82, 2.24) is 10.2 Å². The van der Waals surface area contributed by atoms with Gasteiger partial charge in [0.15, 0.2) is 0 Å². The lowest BCUT2D eigenvalue weighted by Crippen LogP contribution is -2.52. The Morgan fingerprint density at radius 2 is 1.67 bits per heavy atom. The number of rotatable bonds is 8. The summed E-state index contributed by atoms with van der Waals surface area (Å²) in [6.45, 7) is 18.6. The van der Waals surface area contributed by atoms with Gasteiger partial charge in [0.25, 0.3) is 0 Å². The van der Waals surface area contributed by atoms with Crippen LogP contribution in [0.15, 0.2) is 0 Å². The molecule has 0 fully saturated rings. The monoisotopic (exact) mass is 258 g/mol. The molecule has 0 bridgehead atoms. The highest BCUT2D eigenvalue weighted by molar-refractivity contribution is 4.81. The minimum absolute atomic E-state index is 0.159. The largest absolute Gasteiger partial charge is 0.383 e. The average molecular weight is 258 g/mol. The standard InChI is InChI=1S/C15H34N2O/c1-12(2)10-17(13(3)4)14(11-18-8)9-16-15(5,6)7/h12-14,16H,9-11H2,1-8H3. The zero-order valence-corrected chi connectivity index (χ0v) is 13.7.